The third-order valence-electron chi connectivity index (χ3n) is 2.97. The van der Waals surface area contributed by atoms with Crippen LogP contribution in [0.15, 0.2) is 41.3 Å². The zero-order valence-electron chi connectivity index (χ0n) is 11.8. The lowest BCUT2D eigenvalue weighted by Crippen LogP contribution is -2.26. The summed E-state index contributed by atoms with van der Waals surface area (Å²) in [6.07, 6.45) is 0. The van der Waals surface area contributed by atoms with Gasteiger partial charge in [0.25, 0.3) is 0 Å². The smallest absolute Gasteiger partial charge is 0.241 e. The van der Waals surface area contributed by atoms with Gasteiger partial charge >= 0.3 is 0 Å². The third kappa shape index (κ3) is 4.28. The number of sulfonamides is 1. The zero-order valence-corrected chi connectivity index (χ0v) is 14.1. The van der Waals surface area contributed by atoms with Crippen LogP contribution < -0.4 is 10.0 Å². The molecule has 0 aliphatic rings. The maximum atomic E-state index is 12.3. The molecule has 0 fully saturated rings. The molecule has 0 spiro atoms. The first-order valence-corrected chi connectivity index (χ1v) is 9.11. The first kappa shape index (κ1) is 16.5. The summed E-state index contributed by atoms with van der Waals surface area (Å²) >= 11 is 7.25. The number of nitrogens with one attached hydrogen (secondary N) is 2. The van der Waals surface area contributed by atoms with E-state index in [-0.39, 0.29) is 10.9 Å². The summed E-state index contributed by atoms with van der Waals surface area (Å²) in [4.78, 5) is 1.15. The Morgan fingerprint density at radius 1 is 1.19 bits per heavy atom. The Morgan fingerprint density at radius 3 is 2.38 bits per heavy atom. The van der Waals surface area contributed by atoms with E-state index in [0.29, 0.717) is 10.9 Å². The van der Waals surface area contributed by atoms with Gasteiger partial charge in [-0.3, -0.25) is 0 Å². The van der Waals surface area contributed by atoms with E-state index in [1.165, 1.54) is 11.3 Å². The second-order valence-corrected chi connectivity index (χ2v) is 8.12. The number of thiophene rings is 1. The fraction of sp³-hybridized carbons (Fsp3) is 0.286. The Bertz CT molecular complexity index is 696. The minimum absolute atomic E-state index is 0.261. The Morgan fingerprint density at radius 2 is 1.86 bits per heavy atom. The van der Waals surface area contributed by atoms with Crippen LogP contribution in [0.25, 0.3) is 0 Å². The van der Waals surface area contributed by atoms with Gasteiger partial charge in [-0.2, -0.15) is 0 Å². The van der Waals surface area contributed by atoms with Crippen LogP contribution in [0.3, 0.4) is 0 Å². The number of halogens is 1. The summed E-state index contributed by atoms with van der Waals surface area (Å²) in [5, 5.41) is 3.02. The molecule has 2 N–H and O–H groups in total. The van der Waals surface area contributed by atoms with Crippen molar-refractivity contribution in [2.45, 2.75) is 24.4 Å². The normalized spacial score (nSPS) is 13.3. The Hall–Kier alpha value is -0.920. The first-order chi connectivity index (χ1) is 9.92. The fourth-order valence-corrected chi connectivity index (χ4v) is 4.27. The van der Waals surface area contributed by atoms with Crippen molar-refractivity contribution in [1.29, 1.82) is 0 Å². The zero-order chi connectivity index (χ0) is 15.5. The molecular formula is C14H17ClN2O2S2. The molecule has 0 saturated heterocycles. The molecule has 2 rings (SSSR count). The second kappa shape index (κ2) is 6.89. The van der Waals surface area contributed by atoms with Crippen molar-refractivity contribution in [3.8, 4) is 0 Å². The van der Waals surface area contributed by atoms with Crippen LogP contribution >= 0.6 is 22.9 Å². The molecule has 1 aromatic carbocycles. The van der Waals surface area contributed by atoms with Crippen molar-refractivity contribution in [3.05, 3.63) is 51.2 Å². The molecule has 0 amide bonds. The van der Waals surface area contributed by atoms with Gasteiger partial charge in [0.15, 0.2) is 0 Å². The lowest BCUT2D eigenvalue weighted by atomic mass is 10.2. The van der Waals surface area contributed by atoms with E-state index in [4.69, 9.17) is 11.6 Å². The molecule has 0 aliphatic heterocycles. The van der Waals surface area contributed by atoms with Gasteiger partial charge in [-0.25, -0.2) is 13.1 Å². The largest absolute Gasteiger partial charge is 0.316 e. The third-order valence-corrected chi connectivity index (χ3v) is 5.94. The van der Waals surface area contributed by atoms with Crippen molar-refractivity contribution in [2.24, 2.45) is 0 Å². The predicted octanol–water partition coefficient (Wildman–Crippen LogP) is 3.16. The van der Waals surface area contributed by atoms with Crippen molar-refractivity contribution in [2.75, 3.05) is 7.05 Å². The predicted molar refractivity (Wildman–Crippen MR) is 87.3 cm³/mol. The SMILES string of the molecule is CNCc1ccc(S(=O)(=O)NC(C)c2ccc(Cl)s2)cc1. The summed E-state index contributed by atoms with van der Waals surface area (Å²) in [7, 11) is -1.69. The van der Waals surface area contributed by atoms with E-state index in [9.17, 15) is 8.42 Å². The van der Waals surface area contributed by atoms with Crippen LogP contribution in [0, 0.1) is 0 Å². The topological polar surface area (TPSA) is 58.2 Å². The summed E-state index contributed by atoms with van der Waals surface area (Å²) in [5.74, 6) is 0. The van der Waals surface area contributed by atoms with Gasteiger partial charge in [0, 0.05) is 11.4 Å². The van der Waals surface area contributed by atoms with Crippen LogP contribution in [0.4, 0.5) is 0 Å². The molecule has 0 bridgehead atoms. The van der Waals surface area contributed by atoms with Crippen LogP contribution in [0.5, 0.6) is 0 Å². The van der Waals surface area contributed by atoms with Gasteiger partial charge in [-0.15, -0.1) is 11.3 Å². The minimum Gasteiger partial charge on any atom is -0.316 e. The van der Waals surface area contributed by atoms with Crippen LogP contribution in [-0.4, -0.2) is 15.5 Å². The van der Waals surface area contributed by atoms with Gasteiger partial charge in [0.1, 0.15) is 0 Å². The molecule has 1 atom stereocenters. The highest BCUT2D eigenvalue weighted by Gasteiger charge is 2.19. The molecule has 0 radical (unpaired) electrons. The van der Waals surface area contributed by atoms with Crippen LogP contribution in [0.1, 0.15) is 23.4 Å². The molecule has 4 nitrogen and oxygen atoms in total. The maximum Gasteiger partial charge on any atom is 0.241 e. The molecule has 0 aliphatic carbocycles. The molecule has 1 unspecified atom stereocenters. The standard InChI is InChI=1S/C14H17ClN2O2S2/c1-10(13-7-8-14(15)20-13)17-21(18,19)12-5-3-11(4-6-12)9-16-2/h3-8,10,16-17H,9H2,1-2H3. The lowest BCUT2D eigenvalue weighted by Gasteiger charge is -2.13. The van der Waals surface area contributed by atoms with E-state index >= 15 is 0 Å². The number of rotatable bonds is 6. The van der Waals surface area contributed by atoms with Crippen molar-refractivity contribution >= 4 is 33.0 Å². The van der Waals surface area contributed by atoms with E-state index in [2.05, 4.69) is 10.0 Å². The summed E-state index contributed by atoms with van der Waals surface area (Å²) < 4.78 is 28.0. The molecule has 21 heavy (non-hydrogen) atoms. The second-order valence-electron chi connectivity index (χ2n) is 4.66. The van der Waals surface area contributed by atoms with Gasteiger partial charge in [0.2, 0.25) is 10.0 Å². The summed E-state index contributed by atoms with van der Waals surface area (Å²) in [5.41, 5.74) is 1.04. The Balaban J connectivity index is 2.14. The van der Waals surface area contributed by atoms with Crippen molar-refractivity contribution < 1.29 is 8.42 Å². The molecular weight excluding hydrogens is 328 g/mol. The van der Waals surface area contributed by atoms with Crippen LogP contribution in [0.2, 0.25) is 4.34 Å². The van der Waals surface area contributed by atoms with Gasteiger partial charge in [0.05, 0.1) is 15.3 Å². The van der Waals surface area contributed by atoms with E-state index in [1.807, 2.05) is 13.1 Å². The van der Waals surface area contributed by atoms with E-state index < -0.39 is 10.0 Å². The number of hydrogen-bond donors (Lipinski definition) is 2. The molecule has 0 saturated carbocycles. The average Bonchev–Trinajstić information content (AvgIpc) is 2.86. The quantitative estimate of drug-likeness (QED) is 0.846. The minimum atomic E-state index is -3.54. The van der Waals surface area contributed by atoms with E-state index in [0.717, 1.165) is 10.4 Å². The first-order valence-electron chi connectivity index (χ1n) is 6.43. The highest BCUT2D eigenvalue weighted by Crippen LogP contribution is 2.27. The lowest BCUT2D eigenvalue weighted by molar-refractivity contribution is 0.568. The number of benzene rings is 1. The molecule has 114 valence electrons. The van der Waals surface area contributed by atoms with Crippen molar-refractivity contribution in [3.63, 3.8) is 0 Å². The molecule has 1 aromatic heterocycles. The fourth-order valence-electron chi connectivity index (χ4n) is 1.91. The number of hydrogen-bond acceptors (Lipinski definition) is 4. The van der Waals surface area contributed by atoms with Gasteiger partial charge in [-0.1, -0.05) is 23.7 Å². The Labute approximate surface area is 134 Å². The highest BCUT2D eigenvalue weighted by molar-refractivity contribution is 7.89. The van der Waals surface area contributed by atoms with E-state index in [1.54, 1.807) is 37.3 Å². The highest BCUT2D eigenvalue weighted by atomic mass is 35.5. The summed E-state index contributed by atoms with van der Waals surface area (Å²) in [6.45, 7) is 2.51. The molecule has 1 heterocycles. The Kier molecular flexibility index (Phi) is 5.40. The van der Waals surface area contributed by atoms with Crippen LogP contribution in [-0.2, 0) is 16.6 Å². The molecule has 7 heteroatoms. The monoisotopic (exact) mass is 344 g/mol. The van der Waals surface area contributed by atoms with Gasteiger partial charge in [-0.05, 0) is 43.8 Å². The van der Waals surface area contributed by atoms with Crippen molar-refractivity contribution in [1.82, 2.24) is 10.0 Å². The molecule has 2 aromatic rings. The van der Waals surface area contributed by atoms with Gasteiger partial charge < -0.3 is 5.32 Å². The maximum absolute atomic E-state index is 12.3. The average molecular weight is 345 g/mol. The summed E-state index contributed by atoms with van der Waals surface area (Å²) in [6, 6.07) is 10.1.